The predicted octanol–water partition coefficient (Wildman–Crippen LogP) is 1.56. The van der Waals surface area contributed by atoms with Crippen molar-refractivity contribution in [3.8, 4) is 0 Å². The molecule has 7 heteroatoms. The number of fused-ring (bicyclic) bond motifs is 1. The number of rotatable bonds is 3. The Kier molecular flexibility index (Phi) is 3.98. The molecule has 2 aromatic heterocycles. The topological polar surface area (TPSA) is 91.2 Å². The second-order valence-electron chi connectivity index (χ2n) is 5.76. The number of nitrogens with zero attached hydrogens (tertiary/aromatic N) is 2. The average Bonchev–Trinajstić information content (AvgIpc) is 2.81. The van der Waals surface area contributed by atoms with Crippen molar-refractivity contribution >= 4 is 22.6 Å². The van der Waals surface area contributed by atoms with Crippen molar-refractivity contribution in [3.05, 3.63) is 21.8 Å². The molecule has 0 unspecified atom stereocenters. The third kappa shape index (κ3) is 2.76. The average molecular weight is 304 g/mol. The van der Waals surface area contributed by atoms with Gasteiger partial charge in [-0.3, -0.25) is 19.8 Å². The molecule has 0 aromatic carbocycles. The smallest absolute Gasteiger partial charge is 0.277 e. The maximum atomic E-state index is 12.2. The first-order valence-electron chi connectivity index (χ1n) is 7.57. The predicted molar refractivity (Wildman–Crippen MR) is 83.0 cm³/mol. The van der Waals surface area contributed by atoms with Gasteiger partial charge in [0.2, 0.25) is 11.8 Å². The third-order valence-corrected chi connectivity index (χ3v) is 4.07. The molecule has 1 saturated heterocycles. The Balaban J connectivity index is 1.83. The molecule has 7 nitrogen and oxygen atoms in total. The number of aromatic amines is 1. The summed E-state index contributed by atoms with van der Waals surface area (Å²) in [4.78, 5) is 26.3. The molecule has 2 aromatic rings. The van der Waals surface area contributed by atoms with Gasteiger partial charge < -0.3 is 4.42 Å². The van der Waals surface area contributed by atoms with Crippen LogP contribution < -0.4 is 10.9 Å². The number of aromatic nitrogens is 2. The number of hydrogen-bond acceptors (Lipinski definition) is 5. The van der Waals surface area contributed by atoms with Crippen LogP contribution in [0.2, 0.25) is 0 Å². The molecular weight excluding hydrogens is 284 g/mol. The summed E-state index contributed by atoms with van der Waals surface area (Å²) < 4.78 is 5.58. The first-order chi connectivity index (χ1) is 10.6. The standard InChI is InChI=1S/C15H20N4O3/c1-9-12-10(2)22-15(13(12)14(21)18-17-9)16-11(20)8-19-6-4-3-5-7-19/h3-8H2,1-2H3,(H,16,20)(H,18,21). The molecule has 0 bridgehead atoms. The number of hydrogen-bond donors (Lipinski definition) is 2. The molecule has 1 aliphatic heterocycles. The quantitative estimate of drug-likeness (QED) is 0.898. The van der Waals surface area contributed by atoms with Gasteiger partial charge >= 0.3 is 0 Å². The number of carbonyl (C=O) groups excluding carboxylic acids is 1. The van der Waals surface area contributed by atoms with Crippen LogP contribution in [-0.2, 0) is 4.79 Å². The van der Waals surface area contributed by atoms with Crippen LogP contribution in [0.3, 0.4) is 0 Å². The SMILES string of the molecule is Cc1n[nH]c(=O)c2c(NC(=O)CN3CCCCC3)oc(C)c12. The van der Waals surface area contributed by atoms with E-state index >= 15 is 0 Å². The van der Waals surface area contributed by atoms with E-state index in [1.807, 2.05) is 0 Å². The molecule has 0 atom stereocenters. The van der Waals surface area contributed by atoms with Crippen LogP contribution in [0.5, 0.6) is 0 Å². The van der Waals surface area contributed by atoms with Gasteiger partial charge in [0.1, 0.15) is 11.1 Å². The Bertz CT molecular complexity index is 756. The lowest BCUT2D eigenvalue weighted by Crippen LogP contribution is -2.36. The molecule has 0 radical (unpaired) electrons. The minimum Gasteiger partial charge on any atom is -0.444 e. The molecule has 3 rings (SSSR count). The summed E-state index contributed by atoms with van der Waals surface area (Å²) in [6, 6.07) is 0. The Morgan fingerprint density at radius 3 is 2.73 bits per heavy atom. The molecule has 0 spiro atoms. The summed E-state index contributed by atoms with van der Waals surface area (Å²) in [5.74, 6) is 0.632. The van der Waals surface area contributed by atoms with E-state index in [2.05, 4.69) is 20.4 Å². The largest absolute Gasteiger partial charge is 0.444 e. The molecule has 0 saturated carbocycles. The van der Waals surface area contributed by atoms with Crippen LogP contribution in [0.25, 0.3) is 10.8 Å². The van der Waals surface area contributed by atoms with Crippen molar-refractivity contribution in [2.45, 2.75) is 33.1 Å². The van der Waals surface area contributed by atoms with E-state index in [-0.39, 0.29) is 17.4 Å². The Labute approximate surface area is 127 Å². The molecule has 22 heavy (non-hydrogen) atoms. The van der Waals surface area contributed by atoms with Gasteiger partial charge in [0.15, 0.2) is 0 Å². The van der Waals surface area contributed by atoms with Gasteiger partial charge in [-0.05, 0) is 39.8 Å². The number of carbonyl (C=O) groups is 1. The lowest BCUT2D eigenvalue weighted by atomic mass is 10.1. The van der Waals surface area contributed by atoms with Crippen LogP contribution in [0.15, 0.2) is 9.21 Å². The van der Waals surface area contributed by atoms with Crippen molar-refractivity contribution < 1.29 is 9.21 Å². The van der Waals surface area contributed by atoms with Crippen LogP contribution in [0.4, 0.5) is 5.88 Å². The highest BCUT2D eigenvalue weighted by Gasteiger charge is 2.20. The monoisotopic (exact) mass is 304 g/mol. The van der Waals surface area contributed by atoms with Crippen LogP contribution in [0, 0.1) is 13.8 Å². The number of aryl methyl sites for hydroxylation is 2. The van der Waals surface area contributed by atoms with Crippen molar-refractivity contribution in [3.63, 3.8) is 0 Å². The summed E-state index contributed by atoms with van der Waals surface area (Å²) in [5.41, 5.74) is 0.318. The number of furan rings is 1. The Hall–Kier alpha value is -2.15. The van der Waals surface area contributed by atoms with Gasteiger partial charge in [-0.25, -0.2) is 5.10 Å². The second kappa shape index (κ2) is 5.92. The van der Waals surface area contributed by atoms with Crippen LogP contribution in [-0.4, -0.2) is 40.6 Å². The number of piperidine rings is 1. The zero-order valence-electron chi connectivity index (χ0n) is 12.9. The second-order valence-corrected chi connectivity index (χ2v) is 5.76. The minimum absolute atomic E-state index is 0.161. The molecular formula is C15H20N4O3. The molecule has 118 valence electrons. The van der Waals surface area contributed by atoms with E-state index < -0.39 is 0 Å². The number of nitrogens with one attached hydrogen (secondary N) is 2. The molecule has 1 aliphatic rings. The summed E-state index contributed by atoms with van der Waals surface area (Å²) in [6.45, 7) is 5.75. The van der Waals surface area contributed by atoms with E-state index in [4.69, 9.17) is 4.42 Å². The van der Waals surface area contributed by atoms with E-state index in [1.165, 1.54) is 6.42 Å². The van der Waals surface area contributed by atoms with Gasteiger partial charge in [0, 0.05) is 0 Å². The normalized spacial score (nSPS) is 16.1. The van der Waals surface area contributed by atoms with Crippen molar-refractivity contribution in [2.24, 2.45) is 0 Å². The highest BCUT2D eigenvalue weighted by molar-refractivity contribution is 6.01. The van der Waals surface area contributed by atoms with E-state index in [0.717, 1.165) is 25.9 Å². The summed E-state index contributed by atoms with van der Waals surface area (Å²) in [5, 5.41) is 10.1. The van der Waals surface area contributed by atoms with Crippen LogP contribution in [0.1, 0.15) is 30.7 Å². The van der Waals surface area contributed by atoms with E-state index in [9.17, 15) is 9.59 Å². The number of amides is 1. The van der Waals surface area contributed by atoms with Gasteiger partial charge in [-0.2, -0.15) is 5.10 Å². The zero-order valence-corrected chi connectivity index (χ0v) is 12.9. The Morgan fingerprint density at radius 2 is 2.00 bits per heavy atom. The number of likely N-dealkylation sites (tertiary alicyclic amines) is 1. The molecule has 1 amide bonds. The number of anilines is 1. The third-order valence-electron chi connectivity index (χ3n) is 4.07. The fourth-order valence-electron chi connectivity index (χ4n) is 3.02. The van der Waals surface area contributed by atoms with Gasteiger partial charge in [-0.15, -0.1) is 0 Å². The highest BCUT2D eigenvalue weighted by Crippen LogP contribution is 2.28. The van der Waals surface area contributed by atoms with E-state index in [0.29, 0.717) is 28.8 Å². The fourth-order valence-corrected chi connectivity index (χ4v) is 3.02. The minimum atomic E-state index is -0.356. The molecule has 2 N–H and O–H groups in total. The van der Waals surface area contributed by atoms with Gasteiger partial charge in [-0.1, -0.05) is 6.42 Å². The maximum absolute atomic E-state index is 12.2. The molecule has 3 heterocycles. The maximum Gasteiger partial charge on any atom is 0.277 e. The van der Waals surface area contributed by atoms with Gasteiger partial charge in [0.25, 0.3) is 5.56 Å². The lowest BCUT2D eigenvalue weighted by Gasteiger charge is -2.25. The summed E-state index contributed by atoms with van der Waals surface area (Å²) in [7, 11) is 0. The first-order valence-corrected chi connectivity index (χ1v) is 7.57. The zero-order chi connectivity index (χ0) is 15.7. The molecule has 0 aliphatic carbocycles. The van der Waals surface area contributed by atoms with Crippen molar-refractivity contribution in [1.82, 2.24) is 15.1 Å². The Morgan fingerprint density at radius 1 is 1.27 bits per heavy atom. The van der Waals surface area contributed by atoms with Crippen molar-refractivity contribution in [1.29, 1.82) is 0 Å². The number of H-pyrrole nitrogens is 1. The fraction of sp³-hybridized carbons (Fsp3) is 0.533. The van der Waals surface area contributed by atoms with Gasteiger partial charge in [0.05, 0.1) is 17.6 Å². The summed E-state index contributed by atoms with van der Waals surface area (Å²) >= 11 is 0. The summed E-state index contributed by atoms with van der Waals surface area (Å²) in [6.07, 6.45) is 3.48. The van der Waals surface area contributed by atoms with E-state index in [1.54, 1.807) is 13.8 Å². The van der Waals surface area contributed by atoms with Crippen LogP contribution >= 0.6 is 0 Å². The molecule has 1 fully saturated rings. The lowest BCUT2D eigenvalue weighted by molar-refractivity contribution is -0.117. The first kappa shape index (κ1) is 14.8. The highest BCUT2D eigenvalue weighted by atomic mass is 16.4. The van der Waals surface area contributed by atoms with Crippen molar-refractivity contribution in [2.75, 3.05) is 25.0 Å².